The number of carbonyl (C=O) groups is 1. The zero-order valence-electron chi connectivity index (χ0n) is 17.8. The lowest BCUT2D eigenvalue weighted by molar-refractivity contribution is 0.0730. The average molecular weight is 479 g/mol. The summed E-state index contributed by atoms with van der Waals surface area (Å²) in [5, 5.41) is 3.28. The molecule has 10 heteroatoms. The highest BCUT2D eigenvalue weighted by Crippen LogP contribution is 2.32. The van der Waals surface area contributed by atoms with Crippen LogP contribution in [0.4, 0.5) is 11.4 Å². The third kappa shape index (κ3) is 5.23. The molecule has 172 valence electrons. The van der Waals surface area contributed by atoms with Crippen molar-refractivity contribution in [2.24, 2.45) is 0 Å². The van der Waals surface area contributed by atoms with E-state index < -0.39 is 15.9 Å². The molecule has 0 saturated carbocycles. The number of pyridine rings is 1. The highest BCUT2D eigenvalue weighted by atomic mass is 35.5. The molecule has 2 saturated heterocycles. The van der Waals surface area contributed by atoms with Gasteiger partial charge in [-0.05, 0) is 43.2 Å². The van der Waals surface area contributed by atoms with Gasteiger partial charge >= 0.3 is 0 Å². The van der Waals surface area contributed by atoms with Crippen molar-refractivity contribution in [3.8, 4) is 0 Å². The summed E-state index contributed by atoms with van der Waals surface area (Å²) >= 11 is 6.01. The molecule has 0 spiro atoms. The van der Waals surface area contributed by atoms with Crippen molar-refractivity contribution in [2.45, 2.75) is 30.6 Å². The summed E-state index contributed by atoms with van der Waals surface area (Å²) in [6.07, 6.45) is 5.89. The van der Waals surface area contributed by atoms with Crippen molar-refractivity contribution >= 4 is 38.9 Å². The first-order valence-electron chi connectivity index (χ1n) is 10.8. The number of anilines is 2. The number of halogens is 1. The van der Waals surface area contributed by atoms with E-state index >= 15 is 0 Å². The number of sulfonamides is 1. The Morgan fingerprint density at radius 3 is 2.41 bits per heavy atom. The molecule has 0 atom stereocenters. The van der Waals surface area contributed by atoms with E-state index in [4.69, 9.17) is 16.3 Å². The van der Waals surface area contributed by atoms with Crippen molar-refractivity contribution in [3.05, 3.63) is 47.2 Å². The topological polar surface area (TPSA) is 91.8 Å². The average Bonchev–Trinajstić information content (AvgIpc) is 3.09. The van der Waals surface area contributed by atoms with E-state index in [1.165, 1.54) is 16.6 Å². The lowest BCUT2D eigenvalue weighted by Gasteiger charge is -2.28. The Hall–Kier alpha value is -2.20. The summed E-state index contributed by atoms with van der Waals surface area (Å²) in [5.41, 5.74) is 1.43. The molecule has 0 radical (unpaired) electrons. The number of ether oxygens (including phenoxy) is 1. The van der Waals surface area contributed by atoms with E-state index in [9.17, 15) is 13.2 Å². The minimum absolute atomic E-state index is 0.146. The summed E-state index contributed by atoms with van der Waals surface area (Å²) in [5.74, 6) is -0.440. The van der Waals surface area contributed by atoms with E-state index in [0.29, 0.717) is 37.0 Å². The second-order valence-corrected chi connectivity index (χ2v) is 10.3. The number of morpholine rings is 1. The molecule has 4 rings (SSSR count). The summed E-state index contributed by atoms with van der Waals surface area (Å²) < 4.78 is 33.1. The molecule has 1 amide bonds. The van der Waals surface area contributed by atoms with Crippen molar-refractivity contribution in [3.63, 3.8) is 0 Å². The highest BCUT2D eigenvalue weighted by molar-refractivity contribution is 7.89. The normalized spacial score (nSPS) is 18.2. The Kier molecular flexibility index (Phi) is 7.30. The van der Waals surface area contributed by atoms with Crippen LogP contribution in [0.1, 0.15) is 36.2 Å². The van der Waals surface area contributed by atoms with E-state index in [1.54, 1.807) is 24.3 Å². The van der Waals surface area contributed by atoms with Crippen molar-refractivity contribution in [1.29, 1.82) is 0 Å². The Morgan fingerprint density at radius 2 is 1.72 bits per heavy atom. The third-order valence-electron chi connectivity index (χ3n) is 5.73. The van der Waals surface area contributed by atoms with Gasteiger partial charge in [0.2, 0.25) is 10.0 Å². The van der Waals surface area contributed by atoms with E-state index in [2.05, 4.69) is 15.2 Å². The molecule has 0 unspecified atom stereocenters. The highest BCUT2D eigenvalue weighted by Gasteiger charge is 2.28. The Morgan fingerprint density at radius 1 is 1.00 bits per heavy atom. The molecule has 2 aliphatic heterocycles. The molecule has 3 heterocycles. The number of nitrogens with one attached hydrogen (secondary N) is 1. The first-order chi connectivity index (χ1) is 15.4. The van der Waals surface area contributed by atoms with Gasteiger partial charge in [-0.25, -0.2) is 8.42 Å². The van der Waals surface area contributed by atoms with E-state index in [-0.39, 0.29) is 10.6 Å². The number of amides is 1. The zero-order chi connectivity index (χ0) is 22.6. The van der Waals surface area contributed by atoms with Crippen molar-refractivity contribution in [1.82, 2.24) is 9.29 Å². The van der Waals surface area contributed by atoms with Gasteiger partial charge in [-0.15, -0.1) is 0 Å². The SMILES string of the molecule is O=C(Nc1cc(S(=O)(=O)N2CCOCC2)ccc1N1CCCCCC1)c1cc(Cl)ccn1. The predicted octanol–water partition coefficient (Wildman–Crippen LogP) is 3.39. The summed E-state index contributed by atoms with van der Waals surface area (Å²) in [6.45, 7) is 3.07. The number of hydrogen-bond donors (Lipinski definition) is 1. The number of rotatable bonds is 5. The fourth-order valence-electron chi connectivity index (χ4n) is 4.01. The molecule has 2 fully saturated rings. The third-order valence-corrected chi connectivity index (χ3v) is 7.86. The zero-order valence-corrected chi connectivity index (χ0v) is 19.4. The number of nitrogens with zero attached hydrogens (tertiary/aromatic N) is 3. The monoisotopic (exact) mass is 478 g/mol. The molecule has 0 aliphatic carbocycles. The fourth-order valence-corrected chi connectivity index (χ4v) is 5.61. The van der Waals surface area contributed by atoms with Crippen LogP contribution < -0.4 is 10.2 Å². The molecule has 1 N–H and O–H groups in total. The first kappa shape index (κ1) is 23.0. The smallest absolute Gasteiger partial charge is 0.274 e. The molecule has 0 bridgehead atoms. The van der Waals surface area contributed by atoms with Gasteiger partial charge in [0.1, 0.15) is 5.69 Å². The molecule has 1 aromatic heterocycles. The number of aromatic nitrogens is 1. The molecular formula is C22H27ClN4O4S. The van der Waals surface area contributed by atoms with Crippen LogP contribution in [0.3, 0.4) is 0 Å². The fraction of sp³-hybridized carbons (Fsp3) is 0.455. The maximum atomic E-state index is 13.2. The van der Waals surface area contributed by atoms with Gasteiger partial charge in [-0.3, -0.25) is 9.78 Å². The van der Waals surface area contributed by atoms with Gasteiger partial charge in [-0.1, -0.05) is 24.4 Å². The van der Waals surface area contributed by atoms with Crippen LogP contribution in [0.15, 0.2) is 41.4 Å². The minimum atomic E-state index is -3.70. The molecule has 2 aliphatic rings. The van der Waals surface area contributed by atoms with E-state index in [1.807, 2.05) is 0 Å². The second kappa shape index (κ2) is 10.2. The molecule has 2 aromatic rings. The van der Waals surface area contributed by atoms with Crippen LogP contribution in [0.25, 0.3) is 0 Å². The standard InChI is InChI=1S/C22H27ClN4O4S/c23-17-7-8-24-20(15-17)22(28)25-19-16-18(32(29,30)27-11-13-31-14-12-27)5-6-21(19)26-9-3-1-2-4-10-26/h5-8,15-16H,1-4,9-14H2,(H,25,28). The Balaban J connectivity index is 1.69. The lowest BCUT2D eigenvalue weighted by atomic mass is 10.2. The van der Waals surface area contributed by atoms with Crippen molar-refractivity contribution in [2.75, 3.05) is 49.6 Å². The quantitative estimate of drug-likeness (QED) is 0.708. The maximum Gasteiger partial charge on any atom is 0.274 e. The van der Waals surface area contributed by atoms with Crippen LogP contribution in [-0.4, -0.2) is 63.0 Å². The summed E-state index contributed by atoms with van der Waals surface area (Å²) in [4.78, 5) is 19.3. The lowest BCUT2D eigenvalue weighted by Crippen LogP contribution is -2.40. The van der Waals surface area contributed by atoms with Crippen LogP contribution in [0, 0.1) is 0 Å². The first-order valence-corrected chi connectivity index (χ1v) is 12.7. The summed E-state index contributed by atoms with van der Waals surface area (Å²) in [7, 11) is -3.70. The van der Waals surface area contributed by atoms with Crippen LogP contribution in [0.2, 0.25) is 5.02 Å². The Bertz CT molecular complexity index is 1070. The molecule has 32 heavy (non-hydrogen) atoms. The van der Waals surface area contributed by atoms with Crippen molar-refractivity contribution < 1.29 is 17.9 Å². The molecule has 8 nitrogen and oxygen atoms in total. The number of hydrogen-bond acceptors (Lipinski definition) is 6. The number of carbonyl (C=O) groups excluding carboxylic acids is 1. The largest absolute Gasteiger partial charge is 0.379 e. The minimum Gasteiger partial charge on any atom is -0.379 e. The predicted molar refractivity (Wildman–Crippen MR) is 124 cm³/mol. The summed E-state index contributed by atoms with van der Waals surface area (Å²) in [6, 6.07) is 8.04. The van der Waals surface area contributed by atoms with Gasteiger partial charge in [0, 0.05) is 37.4 Å². The van der Waals surface area contributed by atoms with Crippen LogP contribution in [-0.2, 0) is 14.8 Å². The Labute approximate surface area is 193 Å². The van der Waals surface area contributed by atoms with Gasteiger partial charge in [-0.2, -0.15) is 4.31 Å². The maximum absolute atomic E-state index is 13.2. The van der Waals surface area contributed by atoms with Gasteiger partial charge in [0.15, 0.2) is 0 Å². The van der Waals surface area contributed by atoms with Gasteiger partial charge in [0.05, 0.1) is 29.5 Å². The van der Waals surface area contributed by atoms with Gasteiger partial charge in [0.25, 0.3) is 5.91 Å². The van der Waals surface area contributed by atoms with E-state index in [0.717, 1.165) is 44.5 Å². The molecular weight excluding hydrogens is 452 g/mol. The number of benzene rings is 1. The van der Waals surface area contributed by atoms with Gasteiger partial charge < -0.3 is 15.0 Å². The molecule has 1 aromatic carbocycles. The van der Waals surface area contributed by atoms with Crippen LogP contribution >= 0.6 is 11.6 Å². The second-order valence-electron chi connectivity index (χ2n) is 7.91. The van der Waals surface area contributed by atoms with Crippen LogP contribution in [0.5, 0.6) is 0 Å².